The summed E-state index contributed by atoms with van der Waals surface area (Å²) in [5.41, 5.74) is 6.25. The van der Waals surface area contributed by atoms with Gasteiger partial charge in [0.25, 0.3) is 0 Å². The van der Waals surface area contributed by atoms with Crippen LogP contribution in [0, 0.1) is 0 Å². The van der Waals surface area contributed by atoms with Crippen LogP contribution in [0.15, 0.2) is 0 Å². The molecule has 35 heavy (non-hydrogen) atoms. The van der Waals surface area contributed by atoms with Crippen LogP contribution in [0.5, 0.6) is 0 Å². The molecule has 3 amide bonds. The lowest BCUT2D eigenvalue weighted by molar-refractivity contribution is -0.139. The molecule has 0 aromatic heterocycles. The van der Waals surface area contributed by atoms with E-state index in [9.17, 15) is 14.4 Å². The van der Waals surface area contributed by atoms with Gasteiger partial charge in [0, 0.05) is 12.6 Å². The Bertz CT molecular complexity index is 628. The van der Waals surface area contributed by atoms with E-state index in [1.54, 1.807) is 0 Å². The van der Waals surface area contributed by atoms with Crippen LogP contribution in [0.2, 0.25) is 0 Å². The van der Waals surface area contributed by atoms with Gasteiger partial charge in [0.1, 0.15) is 0 Å². The highest BCUT2D eigenvalue weighted by Gasteiger charge is 2.26. The number of nitrogens with one attached hydrogen (secondary N) is 2. The Morgan fingerprint density at radius 1 is 1.06 bits per heavy atom. The second-order valence-corrected chi connectivity index (χ2v) is 9.91. The van der Waals surface area contributed by atoms with Crippen molar-refractivity contribution >= 4 is 17.7 Å². The number of carbonyl (C=O) groups is 3. The van der Waals surface area contributed by atoms with Crippen LogP contribution in [0.3, 0.4) is 0 Å². The first-order valence-electron chi connectivity index (χ1n) is 13.3. The van der Waals surface area contributed by atoms with E-state index in [-0.39, 0.29) is 24.9 Å². The number of amides is 3. The standard InChI is InChI=1S/C25H51N7O3/c1-6-31(7-2)17-9-14-27-19-23(33)28-24(34)20-32(18-10-15-29(3)4)25(35)22(26)13-12-21-11-8-16-30(21)5/h21-22,27H,6-20,26H2,1-5H3,(H,28,33,34). The second-order valence-electron chi connectivity index (χ2n) is 9.91. The highest BCUT2D eigenvalue weighted by atomic mass is 16.2. The zero-order valence-corrected chi connectivity index (χ0v) is 22.9. The molecule has 1 fully saturated rings. The molecule has 10 heteroatoms. The summed E-state index contributed by atoms with van der Waals surface area (Å²) < 4.78 is 0. The fraction of sp³-hybridized carbons (Fsp3) is 0.880. The number of carbonyl (C=O) groups excluding carboxylic acids is 3. The molecule has 2 atom stereocenters. The molecule has 0 saturated carbocycles. The first-order chi connectivity index (χ1) is 16.7. The minimum atomic E-state index is -0.640. The molecule has 1 aliphatic heterocycles. The van der Waals surface area contributed by atoms with Gasteiger partial charge in [-0.3, -0.25) is 19.7 Å². The summed E-state index contributed by atoms with van der Waals surface area (Å²) in [5.74, 6) is -1.07. The van der Waals surface area contributed by atoms with Crippen molar-refractivity contribution in [1.82, 2.24) is 30.2 Å². The van der Waals surface area contributed by atoms with Gasteiger partial charge in [0.2, 0.25) is 17.7 Å². The minimum absolute atomic E-state index is 0.0764. The molecule has 0 aromatic rings. The van der Waals surface area contributed by atoms with Gasteiger partial charge >= 0.3 is 0 Å². The number of hydrogen-bond donors (Lipinski definition) is 3. The fourth-order valence-electron chi connectivity index (χ4n) is 4.50. The number of imide groups is 1. The predicted molar refractivity (Wildman–Crippen MR) is 141 cm³/mol. The van der Waals surface area contributed by atoms with Crippen molar-refractivity contribution < 1.29 is 14.4 Å². The number of rotatable bonds is 18. The summed E-state index contributed by atoms with van der Waals surface area (Å²) in [6.07, 6.45) is 5.45. The fourth-order valence-corrected chi connectivity index (χ4v) is 4.50. The minimum Gasteiger partial charge on any atom is -0.332 e. The third-order valence-corrected chi connectivity index (χ3v) is 6.77. The van der Waals surface area contributed by atoms with Gasteiger partial charge in [-0.15, -0.1) is 0 Å². The van der Waals surface area contributed by atoms with Crippen LogP contribution < -0.4 is 16.4 Å². The summed E-state index contributed by atoms with van der Waals surface area (Å²) >= 11 is 0. The quantitative estimate of drug-likeness (QED) is 0.226. The third-order valence-electron chi connectivity index (χ3n) is 6.77. The normalized spacial score (nSPS) is 17.2. The maximum absolute atomic E-state index is 13.1. The molecule has 10 nitrogen and oxygen atoms in total. The predicted octanol–water partition coefficient (Wildman–Crippen LogP) is -0.0673. The van der Waals surface area contributed by atoms with Crippen molar-refractivity contribution in [3.8, 4) is 0 Å². The van der Waals surface area contributed by atoms with Crippen molar-refractivity contribution in [3.05, 3.63) is 0 Å². The first kappa shape index (κ1) is 31.4. The molecule has 0 bridgehead atoms. The van der Waals surface area contributed by atoms with Gasteiger partial charge in [-0.2, -0.15) is 0 Å². The molecule has 1 rings (SSSR count). The molecule has 4 N–H and O–H groups in total. The molecule has 0 aliphatic carbocycles. The van der Waals surface area contributed by atoms with Crippen LogP contribution in [0.4, 0.5) is 0 Å². The molecule has 1 aliphatic rings. The highest BCUT2D eigenvalue weighted by molar-refractivity contribution is 5.98. The van der Waals surface area contributed by atoms with E-state index in [0.29, 0.717) is 25.6 Å². The topological polar surface area (TPSA) is 114 Å². The Balaban J connectivity index is 2.48. The molecule has 2 unspecified atom stereocenters. The van der Waals surface area contributed by atoms with Crippen LogP contribution in [-0.2, 0) is 14.4 Å². The number of nitrogens with two attached hydrogens (primary N) is 1. The van der Waals surface area contributed by atoms with Crippen LogP contribution in [-0.4, -0.2) is 129 Å². The van der Waals surface area contributed by atoms with Crippen molar-refractivity contribution in [2.24, 2.45) is 5.73 Å². The van der Waals surface area contributed by atoms with Crippen LogP contribution in [0.1, 0.15) is 52.4 Å². The van der Waals surface area contributed by atoms with E-state index < -0.39 is 11.9 Å². The zero-order chi connectivity index (χ0) is 26.2. The van der Waals surface area contributed by atoms with E-state index in [2.05, 4.69) is 41.3 Å². The molecule has 0 spiro atoms. The molecule has 0 radical (unpaired) electrons. The lowest BCUT2D eigenvalue weighted by Gasteiger charge is -2.27. The van der Waals surface area contributed by atoms with E-state index in [4.69, 9.17) is 5.73 Å². The Morgan fingerprint density at radius 3 is 2.37 bits per heavy atom. The third kappa shape index (κ3) is 13.3. The molecule has 1 saturated heterocycles. The average Bonchev–Trinajstić information content (AvgIpc) is 3.22. The van der Waals surface area contributed by atoms with Crippen molar-refractivity contribution in [3.63, 3.8) is 0 Å². The van der Waals surface area contributed by atoms with Gasteiger partial charge in [-0.25, -0.2) is 0 Å². The molecular formula is C25H51N7O3. The van der Waals surface area contributed by atoms with Crippen LogP contribution >= 0.6 is 0 Å². The monoisotopic (exact) mass is 497 g/mol. The number of likely N-dealkylation sites (tertiary alicyclic amines) is 1. The largest absolute Gasteiger partial charge is 0.332 e. The van der Waals surface area contributed by atoms with Crippen molar-refractivity contribution in [2.45, 2.75) is 64.5 Å². The van der Waals surface area contributed by atoms with Gasteiger partial charge in [-0.05, 0) is 98.9 Å². The summed E-state index contributed by atoms with van der Waals surface area (Å²) in [4.78, 5) is 46.0. The zero-order valence-electron chi connectivity index (χ0n) is 22.9. The molecule has 204 valence electrons. The lowest BCUT2D eigenvalue weighted by Crippen LogP contribution is -2.50. The summed E-state index contributed by atoms with van der Waals surface area (Å²) in [6.45, 7) is 10.2. The van der Waals surface area contributed by atoms with E-state index in [0.717, 1.165) is 58.4 Å². The van der Waals surface area contributed by atoms with E-state index in [1.165, 1.54) is 11.3 Å². The van der Waals surface area contributed by atoms with Gasteiger partial charge in [0.05, 0.1) is 19.1 Å². The molecule has 0 aromatic carbocycles. The van der Waals surface area contributed by atoms with Gasteiger partial charge in [-0.1, -0.05) is 13.8 Å². The Labute approximate surface area is 212 Å². The van der Waals surface area contributed by atoms with Gasteiger partial charge < -0.3 is 30.7 Å². The lowest BCUT2D eigenvalue weighted by atomic mass is 10.0. The average molecular weight is 498 g/mol. The number of nitrogens with zero attached hydrogens (tertiary/aromatic N) is 4. The maximum Gasteiger partial charge on any atom is 0.246 e. The van der Waals surface area contributed by atoms with Crippen molar-refractivity contribution in [1.29, 1.82) is 0 Å². The summed E-state index contributed by atoms with van der Waals surface area (Å²) in [7, 11) is 6.05. The second kappa shape index (κ2) is 17.8. The van der Waals surface area contributed by atoms with E-state index >= 15 is 0 Å². The summed E-state index contributed by atoms with van der Waals surface area (Å²) in [6, 6.07) is -0.171. The smallest absolute Gasteiger partial charge is 0.246 e. The van der Waals surface area contributed by atoms with Gasteiger partial charge in [0.15, 0.2) is 0 Å². The number of hydrogen-bond acceptors (Lipinski definition) is 8. The van der Waals surface area contributed by atoms with Crippen LogP contribution in [0.25, 0.3) is 0 Å². The molecular weight excluding hydrogens is 446 g/mol. The Morgan fingerprint density at radius 2 is 1.77 bits per heavy atom. The highest BCUT2D eigenvalue weighted by Crippen LogP contribution is 2.20. The Kier molecular flexibility index (Phi) is 16.0. The SMILES string of the molecule is CCN(CC)CCCNCC(=O)NC(=O)CN(CCCN(C)C)C(=O)C(N)CCC1CCCN1C. The Hall–Kier alpha value is -1.59. The molecule has 1 heterocycles. The van der Waals surface area contributed by atoms with Crippen molar-refractivity contribution in [2.75, 3.05) is 80.0 Å². The summed E-state index contributed by atoms with van der Waals surface area (Å²) in [5, 5.41) is 5.49. The maximum atomic E-state index is 13.1. The first-order valence-corrected chi connectivity index (χ1v) is 13.3. The van der Waals surface area contributed by atoms with E-state index in [1.807, 2.05) is 19.0 Å².